The smallest absolute Gasteiger partial charge is 0.240 e. The highest BCUT2D eigenvalue weighted by Crippen LogP contribution is 2.32. The minimum absolute atomic E-state index is 0.0205. The van der Waals surface area contributed by atoms with Gasteiger partial charge in [0.25, 0.3) is 0 Å². The van der Waals surface area contributed by atoms with Gasteiger partial charge in [0.1, 0.15) is 0 Å². The monoisotopic (exact) mass is 342 g/mol. The molecule has 7 heteroatoms. The van der Waals surface area contributed by atoms with Gasteiger partial charge in [-0.2, -0.15) is 0 Å². The molecule has 0 amide bonds. The molecule has 1 aromatic carbocycles. The second-order valence-corrected chi connectivity index (χ2v) is 8.17. The fraction of sp³-hybridized carbons (Fsp3) is 0.625. The average Bonchev–Trinajstić information content (AvgIpc) is 3.26. The largest absolute Gasteiger partial charge is 0.494 e. The highest BCUT2D eigenvalue weighted by atomic mass is 32.2. The molecule has 1 saturated carbocycles. The summed E-state index contributed by atoms with van der Waals surface area (Å²) in [4.78, 5) is 2.42. The first kappa shape index (κ1) is 16.7. The first-order valence-electron chi connectivity index (χ1n) is 7.99. The minimum Gasteiger partial charge on any atom is -0.494 e. The molecule has 1 heterocycles. The molecule has 0 radical (unpaired) electrons. The van der Waals surface area contributed by atoms with E-state index in [0.29, 0.717) is 12.5 Å². The summed E-state index contributed by atoms with van der Waals surface area (Å²) >= 11 is 0. The van der Waals surface area contributed by atoms with E-state index in [-0.39, 0.29) is 16.2 Å². The Kier molecular flexibility index (Phi) is 4.62. The summed E-state index contributed by atoms with van der Waals surface area (Å²) in [6, 6.07) is 3.46. The maximum absolute atomic E-state index is 14.1. The number of methoxy groups -OCH3 is 1. The van der Waals surface area contributed by atoms with Crippen LogP contribution < -0.4 is 9.46 Å². The van der Waals surface area contributed by atoms with E-state index in [0.717, 1.165) is 25.6 Å². The molecule has 23 heavy (non-hydrogen) atoms. The van der Waals surface area contributed by atoms with E-state index in [1.807, 2.05) is 0 Å². The zero-order chi connectivity index (χ0) is 16.6. The van der Waals surface area contributed by atoms with Gasteiger partial charge in [-0.05, 0) is 50.8 Å². The number of likely N-dealkylation sites (tertiary alicyclic amines) is 1. The van der Waals surface area contributed by atoms with Crippen molar-refractivity contribution in [1.82, 2.24) is 9.62 Å². The van der Waals surface area contributed by atoms with Crippen molar-refractivity contribution >= 4 is 10.0 Å². The van der Waals surface area contributed by atoms with Gasteiger partial charge in [-0.1, -0.05) is 0 Å². The van der Waals surface area contributed by atoms with Crippen molar-refractivity contribution in [3.05, 3.63) is 23.5 Å². The van der Waals surface area contributed by atoms with E-state index >= 15 is 0 Å². The standard InChI is InChI=1S/C16H23FN2O3S/c1-11-15(6-5-14(22-2)16(11)17)23(20,21)18-9-12-7-8-19(10-12)13-3-4-13/h5-6,12-13,18H,3-4,7-10H2,1-2H3/t12-/m1/s1. The Morgan fingerprint density at radius 3 is 2.74 bits per heavy atom. The molecule has 1 aliphatic carbocycles. The van der Waals surface area contributed by atoms with Crippen molar-refractivity contribution in [2.45, 2.75) is 37.1 Å². The summed E-state index contributed by atoms with van der Waals surface area (Å²) in [6.45, 7) is 3.85. The van der Waals surface area contributed by atoms with Crippen LogP contribution in [0.3, 0.4) is 0 Å². The van der Waals surface area contributed by atoms with Crippen LogP contribution in [0.1, 0.15) is 24.8 Å². The third-order valence-corrected chi connectivity index (χ3v) is 6.32. The molecule has 0 unspecified atom stereocenters. The Hall–Kier alpha value is -1.18. The molecular weight excluding hydrogens is 319 g/mol. The van der Waals surface area contributed by atoms with Crippen molar-refractivity contribution < 1.29 is 17.5 Å². The van der Waals surface area contributed by atoms with E-state index in [4.69, 9.17) is 4.74 Å². The Bertz CT molecular complexity index is 689. The van der Waals surface area contributed by atoms with Crippen LogP contribution in [0.5, 0.6) is 5.75 Å². The van der Waals surface area contributed by atoms with E-state index in [2.05, 4.69) is 9.62 Å². The molecule has 1 N–H and O–H groups in total. The summed E-state index contributed by atoms with van der Waals surface area (Å²) in [6.07, 6.45) is 3.54. The lowest BCUT2D eigenvalue weighted by atomic mass is 10.1. The molecule has 1 aliphatic heterocycles. The normalized spacial score (nSPS) is 22.5. The van der Waals surface area contributed by atoms with Crippen LogP contribution in [0.2, 0.25) is 0 Å². The van der Waals surface area contributed by atoms with Crippen LogP contribution >= 0.6 is 0 Å². The molecular formula is C16H23FN2O3S. The predicted molar refractivity (Wildman–Crippen MR) is 85.6 cm³/mol. The average molecular weight is 342 g/mol. The topological polar surface area (TPSA) is 58.6 Å². The Labute approximate surface area is 136 Å². The molecule has 3 rings (SSSR count). The Balaban J connectivity index is 1.66. The quantitative estimate of drug-likeness (QED) is 0.858. The van der Waals surface area contributed by atoms with Gasteiger partial charge in [0.15, 0.2) is 11.6 Å². The lowest BCUT2D eigenvalue weighted by Crippen LogP contribution is -2.32. The fourth-order valence-electron chi connectivity index (χ4n) is 3.20. The van der Waals surface area contributed by atoms with Gasteiger partial charge >= 0.3 is 0 Å². The molecule has 2 aliphatic rings. The molecule has 1 aromatic rings. The summed E-state index contributed by atoms with van der Waals surface area (Å²) in [5.41, 5.74) is 0.0860. The van der Waals surface area contributed by atoms with Gasteiger partial charge in [0, 0.05) is 24.7 Å². The summed E-state index contributed by atoms with van der Waals surface area (Å²) in [5, 5.41) is 0. The minimum atomic E-state index is -3.71. The van der Waals surface area contributed by atoms with E-state index in [1.165, 1.54) is 39.0 Å². The lowest BCUT2D eigenvalue weighted by Gasteiger charge is -2.16. The number of halogens is 1. The lowest BCUT2D eigenvalue weighted by molar-refractivity contribution is 0.314. The number of nitrogens with zero attached hydrogens (tertiary/aromatic N) is 1. The number of hydrogen-bond acceptors (Lipinski definition) is 4. The van der Waals surface area contributed by atoms with Gasteiger partial charge in [-0.3, -0.25) is 0 Å². The number of benzene rings is 1. The third-order valence-electron chi connectivity index (χ3n) is 4.75. The van der Waals surface area contributed by atoms with Crippen molar-refractivity contribution in [3.8, 4) is 5.75 Å². The van der Waals surface area contributed by atoms with Gasteiger partial charge < -0.3 is 9.64 Å². The third kappa shape index (κ3) is 3.51. The maximum Gasteiger partial charge on any atom is 0.240 e. The molecule has 1 atom stereocenters. The van der Waals surface area contributed by atoms with Crippen LogP contribution in [0, 0.1) is 18.7 Å². The van der Waals surface area contributed by atoms with Gasteiger partial charge in [0.05, 0.1) is 12.0 Å². The fourth-order valence-corrected chi connectivity index (χ4v) is 4.55. The number of rotatable bonds is 6. The van der Waals surface area contributed by atoms with Crippen LogP contribution in [-0.4, -0.2) is 46.1 Å². The van der Waals surface area contributed by atoms with Crippen LogP contribution in [0.25, 0.3) is 0 Å². The van der Waals surface area contributed by atoms with Crippen LogP contribution in [0.15, 0.2) is 17.0 Å². The van der Waals surface area contributed by atoms with E-state index in [1.54, 1.807) is 0 Å². The number of sulfonamides is 1. The SMILES string of the molecule is COc1ccc(S(=O)(=O)NC[C@H]2CCN(C3CC3)C2)c(C)c1F. The van der Waals surface area contributed by atoms with Crippen molar-refractivity contribution in [1.29, 1.82) is 0 Å². The second kappa shape index (κ2) is 6.37. The number of ether oxygens (including phenoxy) is 1. The predicted octanol–water partition coefficient (Wildman–Crippen LogP) is 1.91. The van der Waals surface area contributed by atoms with Crippen molar-refractivity contribution in [3.63, 3.8) is 0 Å². The molecule has 0 spiro atoms. The highest BCUT2D eigenvalue weighted by molar-refractivity contribution is 7.89. The van der Waals surface area contributed by atoms with Crippen molar-refractivity contribution in [2.75, 3.05) is 26.7 Å². The summed E-state index contributed by atoms with van der Waals surface area (Å²) in [7, 11) is -2.35. The molecule has 5 nitrogen and oxygen atoms in total. The van der Waals surface area contributed by atoms with E-state index in [9.17, 15) is 12.8 Å². The molecule has 0 bridgehead atoms. The van der Waals surface area contributed by atoms with Gasteiger partial charge in [-0.15, -0.1) is 0 Å². The second-order valence-electron chi connectivity index (χ2n) is 6.44. The molecule has 128 valence electrons. The summed E-state index contributed by atoms with van der Waals surface area (Å²) in [5.74, 6) is -0.248. The van der Waals surface area contributed by atoms with Gasteiger partial charge in [-0.25, -0.2) is 17.5 Å². The van der Waals surface area contributed by atoms with Gasteiger partial charge in [0.2, 0.25) is 10.0 Å². The number of hydrogen-bond donors (Lipinski definition) is 1. The first-order valence-corrected chi connectivity index (χ1v) is 9.47. The van der Waals surface area contributed by atoms with Crippen LogP contribution in [-0.2, 0) is 10.0 Å². The summed E-state index contributed by atoms with van der Waals surface area (Å²) < 4.78 is 46.5. The van der Waals surface area contributed by atoms with Crippen molar-refractivity contribution in [2.24, 2.45) is 5.92 Å². The molecule has 0 aromatic heterocycles. The first-order chi connectivity index (χ1) is 10.9. The Morgan fingerprint density at radius 2 is 2.09 bits per heavy atom. The van der Waals surface area contributed by atoms with E-state index < -0.39 is 15.8 Å². The van der Waals surface area contributed by atoms with Crippen LogP contribution in [0.4, 0.5) is 4.39 Å². The zero-order valence-corrected chi connectivity index (χ0v) is 14.3. The molecule has 1 saturated heterocycles. The highest BCUT2D eigenvalue weighted by Gasteiger charge is 2.34. The Morgan fingerprint density at radius 1 is 1.35 bits per heavy atom. The molecule has 2 fully saturated rings. The zero-order valence-electron chi connectivity index (χ0n) is 13.5. The number of nitrogens with one attached hydrogen (secondary N) is 1. The maximum atomic E-state index is 14.1.